The Hall–Kier alpha value is -2.08. The van der Waals surface area contributed by atoms with Crippen LogP contribution < -0.4 is 10.1 Å². The minimum Gasteiger partial charge on any atom is -0.492 e. The number of hydrogen-bond acceptors (Lipinski definition) is 3. The quantitative estimate of drug-likeness (QED) is 0.754. The summed E-state index contributed by atoms with van der Waals surface area (Å²) in [5.41, 5.74) is 0.380. The molecular formula is C14H19FN2O3. The molecule has 5 nitrogen and oxygen atoms in total. The van der Waals surface area contributed by atoms with Crippen molar-refractivity contribution in [3.05, 3.63) is 36.7 Å². The number of halogens is 1. The first-order valence-electron chi connectivity index (χ1n) is 6.32. The fraction of sp³-hybridized carbons (Fsp3) is 0.357. The molecule has 0 saturated carbocycles. The van der Waals surface area contributed by atoms with Gasteiger partial charge in [-0.25, -0.2) is 9.18 Å². The van der Waals surface area contributed by atoms with Crippen LogP contribution in [-0.4, -0.2) is 42.3 Å². The van der Waals surface area contributed by atoms with Crippen molar-refractivity contribution in [1.82, 2.24) is 4.90 Å². The number of amides is 2. The molecule has 0 radical (unpaired) electrons. The Morgan fingerprint density at radius 1 is 1.60 bits per heavy atom. The number of ether oxygens (including phenoxy) is 1. The fourth-order valence-corrected chi connectivity index (χ4v) is 1.62. The van der Waals surface area contributed by atoms with E-state index >= 15 is 0 Å². The topological polar surface area (TPSA) is 61.8 Å². The second-order valence-electron chi connectivity index (χ2n) is 3.96. The summed E-state index contributed by atoms with van der Waals surface area (Å²) in [6, 6.07) is 3.47. The van der Waals surface area contributed by atoms with Crippen LogP contribution in [0.25, 0.3) is 0 Å². The van der Waals surface area contributed by atoms with E-state index in [1.807, 2.05) is 0 Å². The second kappa shape index (κ2) is 8.16. The van der Waals surface area contributed by atoms with Gasteiger partial charge in [-0.3, -0.25) is 0 Å². The van der Waals surface area contributed by atoms with Gasteiger partial charge in [0.2, 0.25) is 0 Å². The van der Waals surface area contributed by atoms with Crippen molar-refractivity contribution in [2.24, 2.45) is 0 Å². The van der Waals surface area contributed by atoms with E-state index in [1.165, 1.54) is 23.1 Å². The first-order chi connectivity index (χ1) is 9.62. The first kappa shape index (κ1) is 16.0. The lowest BCUT2D eigenvalue weighted by Gasteiger charge is -2.21. The Kier molecular flexibility index (Phi) is 6.52. The van der Waals surface area contributed by atoms with Crippen LogP contribution in [0.2, 0.25) is 0 Å². The number of rotatable bonds is 7. The van der Waals surface area contributed by atoms with Crippen LogP contribution in [-0.2, 0) is 0 Å². The van der Waals surface area contributed by atoms with Gasteiger partial charge in [-0.1, -0.05) is 6.08 Å². The van der Waals surface area contributed by atoms with E-state index in [4.69, 9.17) is 9.84 Å². The van der Waals surface area contributed by atoms with Crippen LogP contribution in [0.15, 0.2) is 30.9 Å². The summed E-state index contributed by atoms with van der Waals surface area (Å²) in [7, 11) is 0. The average Bonchev–Trinajstić information content (AvgIpc) is 2.42. The Labute approximate surface area is 117 Å². The molecule has 0 aromatic heterocycles. The van der Waals surface area contributed by atoms with E-state index in [9.17, 15) is 9.18 Å². The predicted molar refractivity (Wildman–Crippen MR) is 75.4 cm³/mol. The normalized spacial score (nSPS) is 9.95. The van der Waals surface area contributed by atoms with Crippen LogP contribution in [0.1, 0.15) is 6.92 Å². The maximum Gasteiger partial charge on any atom is 0.322 e. The molecule has 20 heavy (non-hydrogen) atoms. The van der Waals surface area contributed by atoms with Crippen LogP contribution >= 0.6 is 0 Å². The monoisotopic (exact) mass is 282 g/mol. The largest absolute Gasteiger partial charge is 0.492 e. The van der Waals surface area contributed by atoms with Crippen molar-refractivity contribution in [3.8, 4) is 5.75 Å². The van der Waals surface area contributed by atoms with Crippen molar-refractivity contribution in [2.75, 3.05) is 31.6 Å². The molecule has 0 atom stereocenters. The van der Waals surface area contributed by atoms with Crippen molar-refractivity contribution in [3.63, 3.8) is 0 Å². The van der Waals surface area contributed by atoms with Crippen LogP contribution in [0.4, 0.5) is 14.9 Å². The minimum atomic E-state index is -0.440. The van der Waals surface area contributed by atoms with Crippen LogP contribution in [0.5, 0.6) is 5.75 Å². The molecule has 1 aromatic rings. The minimum absolute atomic E-state index is 0.150. The zero-order chi connectivity index (χ0) is 15.0. The molecule has 0 spiro atoms. The number of nitrogens with one attached hydrogen (secondary N) is 1. The average molecular weight is 282 g/mol. The van der Waals surface area contributed by atoms with E-state index in [1.54, 1.807) is 13.0 Å². The van der Waals surface area contributed by atoms with E-state index in [2.05, 4.69) is 11.9 Å². The fourth-order valence-electron chi connectivity index (χ4n) is 1.62. The molecule has 0 aliphatic carbocycles. The summed E-state index contributed by atoms with van der Waals surface area (Å²) in [5, 5.41) is 11.6. The first-order valence-corrected chi connectivity index (χ1v) is 6.32. The summed E-state index contributed by atoms with van der Waals surface area (Å²) in [4.78, 5) is 13.4. The molecule has 0 aliphatic heterocycles. The van der Waals surface area contributed by atoms with Gasteiger partial charge in [-0.05, 0) is 19.1 Å². The second-order valence-corrected chi connectivity index (χ2v) is 3.96. The highest BCUT2D eigenvalue weighted by Gasteiger charge is 2.14. The van der Waals surface area contributed by atoms with E-state index < -0.39 is 11.8 Å². The number of aliphatic hydroxyl groups excluding tert-OH is 1. The number of carbonyl (C=O) groups excluding carboxylic acids is 1. The smallest absolute Gasteiger partial charge is 0.322 e. The van der Waals surface area contributed by atoms with Gasteiger partial charge in [-0.15, -0.1) is 6.58 Å². The molecule has 110 valence electrons. The lowest BCUT2D eigenvalue weighted by atomic mass is 10.3. The summed E-state index contributed by atoms with van der Waals surface area (Å²) >= 11 is 0. The Morgan fingerprint density at radius 3 is 2.95 bits per heavy atom. The van der Waals surface area contributed by atoms with Gasteiger partial charge in [-0.2, -0.15) is 0 Å². The van der Waals surface area contributed by atoms with Crippen LogP contribution in [0.3, 0.4) is 0 Å². The molecule has 0 fully saturated rings. The summed E-state index contributed by atoms with van der Waals surface area (Å²) in [6.07, 6.45) is 1.56. The zero-order valence-electron chi connectivity index (χ0n) is 11.4. The van der Waals surface area contributed by atoms with E-state index in [-0.39, 0.29) is 18.9 Å². The number of nitrogens with zero attached hydrogens (tertiary/aromatic N) is 1. The highest BCUT2D eigenvalue weighted by atomic mass is 19.1. The third kappa shape index (κ3) is 4.55. The summed E-state index contributed by atoms with van der Waals surface area (Å²) < 4.78 is 18.4. The van der Waals surface area contributed by atoms with E-state index in [0.29, 0.717) is 18.8 Å². The third-order valence-corrected chi connectivity index (χ3v) is 2.49. The Balaban J connectivity index is 2.85. The molecule has 0 saturated heterocycles. The van der Waals surface area contributed by atoms with Gasteiger partial charge in [0.05, 0.1) is 18.9 Å². The lowest BCUT2D eigenvalue weighted by molar-refractivity contribution is 0.195. The highest BCUT2D eigenvalue weighted by Crippen LogP contribution is 2.25. The molecule has 2 amide bonds. The van der Waals surface area contributed by atoms with E-state index in [0.717, 1.165) is 0 Å². The van der Waals surface area contributed by atoms with Gasteiger partial charge < -0.3 is 20.1 Å². The summed E-state index contributed by atoms with van der Waals surface area (Å²) in [6.45, 7) is 6.02. The molecule has 2 N–H and O–H groups in total. The molecule has 1 aromatic carbocycles. The zero-order valence-corrected chi connectivity index (χ0v) is 11.4. The molecule has 0 unspecified atom stereocenters. The summed E-state index contributed by atoms with van der Waals surface area (Å²) in [5.74, 6) is -0.173. The Morgan fingerprint density at radius 2 is 2.35 bits per heavy atom. The molecule has 0 bridgehead atoms. The number of aliphatic hydroxyl groups is 1. The number of urea groups is 1. The van der Waals surface area contributed by atoms with Crippen molar-refractivity contribution in [2.45, 2.75) is 6.92 Å². The van der Waals surface area contributed by atoms with Gasteiger partial charge >= 0.3 is 6.03 Å². The van der Waals surface area contributed by atoms with Gasteiger partial charge in [0.15, 0.2) is 0 Å². The molecule has 0 aliphatic rings. The molecule has 6 heteroatoms. The van der Waals surface area contributed by atoms with Crippen molar-refractivity contribution in [1.29, 1.82) is 0 Å². The van der Waals surface area contributed by atoms with Crippen molar-refractivity contribution < 1.29 is 19.0 Å². The lowest BCUT2D eigenvalue weighted by Crippen LogP contribution is -2.37. The SMILES string of the molecule is C=CCN(CCO)C(=O)Nc1ccc(F)cc1OCC. The van der Waals surface area contributed by atoms with Gasteiger partial charge in [0, 0.05) is 19.2 Å². The predicted octanol–water partition coefficient (Wildman–Crippen LogP) is 2.24. The Bertz CT molecular complexity index is 466. The molecular weight excluding hydrogens is 263 g/mol. The number of benzene rings is 1. The maximum atomic E-state index is 13.2. The third-order valence-electron chi connectivity index (χ3n) is 2.49. The van der Waals surface area contributed by atoms with Gasteiger partial charge in [0.1, 0.15) is 11.6 Å². The number of carbonyl (C=O) groups is 1. The van der Waals surface area contributed by atoms with Crippen LogP contribution in [0, 0.1) is 5.82 Å². The van der Waals surface area contributed by atoms with Crippen molar-refractivity contribution >= 4 is 11.7 Å². The molecule has 1 rings (SSSR count). The number of anilines is 1. The van der Waals surface area contributed by atoms with Gasteiger partial charge in [0.25, 0.3) is 0 Å². The maximum absolute atomic E-state index is 13.2. The standard InChI is InChI=1S/C14H19FN2O3/c1-3-7-17(8-9-18)14(19)16-12-6-5-11(15)10-13(12)20-4-2/h3,5-6,10,18H,1,4,7-9H2,2H3,(H,16,19). The molecule has 0 heterocycles. The highest BCUT2D eigenvalue weighted by molar-refractivity contribution is 5.91. The number of hydrogen-bond donors (Lipinski definition) is 2.